The third-order valence-corrected chi connectivity index (χ3v) is 5.33. The Balaban J connectivity index is 1.34. The van der Waals surface area contributed by atoms with Gasteiger partial charge in [0.25, 0.3) is 5.91 Å². The molecule has 0 saturated carbocycles. The molecule has 1 saturated heterocycles. The van der Waals surface area contributed by atoms with E-state index in [2.05, 4.69) is 35.3 Å². The molecule has 2 aromatic carbocycles. The lowest BCUT2D eigenvalue weighted by molar-refractivity contribution is -0.910. The number of likely N-dealkylation sites (tertiary alicyclic amines) is 1. The van der Waals surface area contributed by atoms with Gasteiger partial charge in [0, 0.05) is 31.8 Å². The summed E-state index contributed by atoms with van der Waals surface area (Å²) in [5, 5.41) is 3.02. The summed E-state index contributed by atoms with van der Waals surface area (Å²) in [6, 6.07) is 21.8. The van der Waals surface area contributed by atoms with E-state index < -0.39 is 0 Å². The van der Waals surface area contributed by atoms with Gasteiger partial charge in [-0.05, 0) is 48.5 Å². The molecule has 2 atom stereocenters. The van der Waals surface area contributed by atoms with Crippen LogP contribution in [0.3, 0.4) is 0 Å². The van der Waals surface area contributed by atoms with E-state index in [1.54, 1.807) is 0 Å². The Kier molecular flexibility index (Phi) is 5.44. The van der Waals surface area contributed by atoms with E-state index in [9.17, 15) is 4.79 Å². The monoisotopic (exact) mass is 376 g/mol. The van der Waals surface area contributed by atoms with Crippen LogP contribution in [-0.4, -0.2) is 23.6 Å². The van der Waals surface area contributed by atoms with Gasteiger partial charge in [-0.15, -0.1) is 0 Å². The quantitative estimate of drug-likeness (QED) is 0.694. The number of rotatable bonds is 6. The molecule has 4 rings (SSSR count). The first-order valence-corrected chi connectivity index (χ1v) is 9.78. The second-order valence-corrected chi connectivity index (χ2v) is 7.31. The van der Waals surface area contributed by atoms with Crippen LogP contribution in [0.4, 0.5) is 5.69 Å². The molecule has 144 valence electrons. The van der Waals surface area contributed by atoms with Crippen molar-refractivity contribution >= 4 is 11.6 Å². The van der Waals surface area contributed by atoms with Crippen molar-refractivity contribution < 1.29 is 14.4 Å². The zero-order chi connectivity index (χ0) is 19.3. The molecule has 1 aliphatic rings. The lowest BCUT2D eigenvalue weighted by Crippen LogP contribution is -3.11. The predicted octanol–water partition coefficient (Wildman–Crippen LogP) is 3.18. The first kappa shape index (κ1) is 18.3. The maximum Gasteiger partial charge on any atom is 0.279 e. The summed E-state index contributed by atoms with van der Waals surface area (Å²) in [4.78, 5) is 13.9. The molecule has 1 aliphatic heterocycles. The molecule has 1 aromatic heterocycles. The average Bonchev–Trinajstić information content (AvgIpc) is 3.32. The Morgan fingerprint density at radius 2 is 1.82 bits per heavy atom. The molecule has 0 spiro atoms. The number of aromatic nitrogens is 1. The fourth-order valence-electron chi connectivity index (χ4n) is 3.96. The van der Waals surface area contributed by atoms with Crippen LogP contribution in [0, 0.1) is 0 Å². The minimum atomic E-state index is 0.0489. The van der Waals surface area contributed by atoms with Crippen LogP contribution in [0.2, 0.25) is 0 Å². The van der Waals surface area contributed by atoms with Crippen molar-refractivity contribution in [3.63, 3.8) is 0 Å². The molecular weight excluding hydrogens is 350 g/mol. The summed E-state index contributed by atoms with van der Waals surface area (Å²) in [6.45, 7) is 1.52. The Morgan fingerprint density at radius 1 is 1.07 bits per heavy atom. The van der Waals surface area contributed by atoms with Crippen molar-refractivity contribution in [3.05, 3.63) is 78.6 Å². The second-order valence-electron chi connectivity index (χ2n) is 7.31. The van der Waals surface area contributed by atoms with Crippen LogP contribution in [-0.2, 0) is 11.8 Å². The number of nitrogens with zero attached hydrogens (tertiary/aromatic N) is 1. The number of benzene rings is 2. The Labute approximate surface area is 165 Å². The van der Waals surface area contributed by atoms with Crippen molar-refractivity contribution in [2.75, 3.05) is 18.4 Å². The maximum absolute atomic E-state index is 12.6. The highest BCUT2D eigenvalue weighted by Crippen LogP contribution is 2.23. The zero-order valence-electron chi connectivity index (χ0n) is 16.1. The number of carbonyl (C=O) groups is 1. The van der Waals surface area contributed by atoms with Gasteiger partial charge in [0.15, 0.2) is 6.54 Å². The Bertz CT molecular complexity index is 919. The number of quaternary nitrogens is 1. The van der Waals surface area contributed by atoms with Gasteiger partial charge in [0.2, 0.25) is 0 Å². The van der Waals surface area contributed by atoms with Gasteiger partial charge in [-0.2, -0.15) is 0 Å². The van der Waals surface area contributed by atoms with E-state index in [1.165, 1.54) is 10.6 Å². The molecule has 0 radical (unpaired) electrons. The van der Waals surface area contributed by atoms with Crippen LogP contribution in [0.1, 0.15) is 24.6 Å². The average molecular weight is 376 g/mol. The number of amides is 1. The van der Waals surface area contributed by atoms with Crippen LogP contribution in [0.25, 0.3) is 0 Å². The van der Waals surface area contributed by atoms with Gasteiger partial charge in [-0.25, -0.2) is 0 Å². The molecule has 5 heteroatoms. The van der Waals surface area contributed by atoms with Crippen molar-refractivity contribution in [1.82, 2.24) is 4.57 Å². The van der Waals surface area contributed by atoms with E-state index in [1.807, 2.05) is 54.6 Å². The van der Waals surface area contributed by atoms with Gasteiger partial charge in [-0.3, -0.25) is 4.79 Å². The van der Waals surface area contributed by atoms with E-state index in [0.717, 1.165) is 36.6 Å². The summed E-state index contributed by atoms with van der Waals surface area (Å²) in [7, 11) is 2.07. The molecular formula is C23H26N3O2+. The van der Waals surface area contributed by atoms with Gasteiger partial charge < -0.3 is 19.5 Å². The fraction of sp³-hybridized carbons (Fsp3) is 0.261. The first-order chi connectivity index (χ1) is 13.7. The van der Waals surface area contributed by atoms with Crippen LogP contribution in [0.5, 0.6) is 11.5 Å². The van der Waals surface area contributed by atoms with E-state index >= 15 is 0 Å². The topological polar surface area (TPSA) is 47.7 Å². The lowest BCUT2D eigenvalue weighted by Gasteiger charge is -2.21. The smallest absolute Gasteiger partial charge is 0.279 e. The molecule has 5 nitrogen and oxygen atoms in total. The van der Waals surface area contributed by atoms with Crippen molar-refractivity contribution in [1.29, 1.82) is 0 Å². The highest BCUT2D eigenvalue weighted by atomic mass is 16.5. The number of aryl methyl sites for hydroxylation is 1. The molecule has 1 fully saturated rings. The molecule has 28 heavy (non-hydrogen) atoms. The maximum atomic E-state index is 12.6. The third kappa shape index (κ3) is 4.26. The van der Waals surface area contributed by atoms with Crippen LogP contribution >= 0.6 is 0 Å². The minimum Gasteiger partial charge on any atom is -0.457 e. The molecule has 0 aliphatic carbocycles. The van der Waals surface area contributed by atoms with Crippen molar-refractivity contribution in [3.8, 4) is 11.5 Å². The van der Waals surface area contributed by atoms with E-state index in [4.69, 9.17) is 4.74 Å². The van der Waals surface area contributed by atoms with Crippen LogP contribution < -0.4 is 15.0 Å². The molecule has 1 amide bonds. The predicted molar refractivity (Wildman–Crippen MR) is 110 cm³/mol. The Hall–Kier alpha value is -3.05. The summed E-state index contributed by atoms with van der Waals surface area (Å²) in [6.07, 6.45) is 4.36. The molecule has 0 bridgehead atoms. The SMILES string of the molecule is Cn1cccc1[C@@H]1CCC[NH+]1CC(=O)Nc1ccc(Oc2ccccc2)cc1. The second kappa shape index (κ2) is 8.31. The van der Waals surface area contributed by atoms with Gasteiger partial charge >= 0.3 is 0 Å². The fourth-order valence-corrected chi connectivity index (χ4v) is 3.96. The number of nitrogens with one attached hydrogen (secondary N) is 2. The largest absolute Gasteiger partial charge is 0.457 e. The van der Waals surface area contributed by atoms with Crippen LogP contribution in [0.15, 0.2) is 72.9 Å². The highest BCUT2D eigenvalue weighted by molar-refractivity contribution is 5.91. The third-order valence-electron chi connectivity index (χ3n) is 5.33. The van der Waals surface area contributed by atoms with E-state index in [-0.39, 0.29) is 5.91 Å². The molecule has 3 aromatic rings. The highest BCUT2D eigenvalue weighted by Gasteiger charge is 2.32. The molecule has 2 heterocycles. The number of hydrogen-bond acceptors (Lipinski definition) is 2. The zero-order valence-corrected chi connectivity index (χ0v) is 16.1. The lowest BCUT2D eigenvalue weighted by atomic mass is 10.1. The number of ether oxygens (including phenoxy) is 1. The van der Waals surface area contributed by atoms with Gasteiger partial charge in [0.1, 0.15) is 17.5 Å². The summed E-state index contributed by atoms with van der Waals surface area (Å²) in [5.74, 6) is 1.59. The number of carbonyl (C=O) groups excluding carboxylic acids is 1. The van der Waals surface area contributed by atoms with Crippen molar-refractivity contribution in [2.45, 2.75) is 18.9 Å². The van der Waals surface area contributed by atoms with Gasteiger partial charge in [0.05, 0.1) is 12.2 Å². The standard InChI is InChI=1S/C23H25N3O2/c1-25-15-5-9-21(25)22-10-6-16-26(22)17-23(27)24-18-11-13-20(14-12-18)28-19-7-3-2-4-8-19/h2-5,7-9,11-15,22H,6,10,16-17H2,1H3,(H,24,27)/p+1/t22-/m0/s1. The number of para-hydroxylation sites is 1. The Morgan fingerprint density at radius 3 is 2.54 bits per heavy atom. The molecule has 1 unspecified atom stereocenters. The minimum absolute atomic E-state index is 0.0489. The van der Waals surface area contributed by atoms with Gasteiger partial charge in [-0.1, -0.05) is 18.2 Å². The van der Waals surface area contributed by atoms with Crippen molar-refractivity contribution in [2.24, 2.45) is 7.05 Å². The molecule has 2 N–H and O–H groups in total. The summed E-state index contributed by atoms with van der Waals surface area (Å²) >= 11 is 0. The summed E-state index contributed by atoms with van der Waals surface area (Å²) in [5.41, 5.74) is 2.10. The number of anilines is 1. The van der Waals surface area contributed by atoms with E-state index in [0.29, 0.717) is 12.6 Å². The summed E-state index contributed by atoms with van der Waals surface area (Å²) < 4.78 is 7.96. The normalized spacial score (nSPS) is 18.8. The first-order valence-electron chi connectivity index (χ1n) is 9.78. The number of hydrogen-bond donors (Lipinski definition) is 2.